The third-order valence-corrected chi connectivity index (χ3v) is 5.81. The summed E-state index contributed by atoms with van der Waals surface area (Å²) in [5, 5.41) is 0. The van der Waals surface area contributed by atoms with Gasteiger partial charge in [-0.25, -0.2) is 4.79 Å². The molecular formula is C29H42O3. The molecule has 3 heteroatoms. The Balaban J connectivity index is 1.70. The molecule has 176 valence electrons. The summed E-state index contributed by atoms with van der Waals surface area (Å²) in [6, 6.07) is 15.8. The van der Waals surface area contributed by atoms with Crippen LogP contribution in [0.4, 0.5) is 0 Å². The summed E-state index contributed by atoms with van der Waals surface area (Å²) in [6.45, 7) is 5.75. The second kappa shape index (κ2) is 16.4. The van der Waals surface area contributed by atoms with E-state index in [-0.39, 0.29) is 5.97 Å². The Labute approximate surface area is 195 Å². The fourth-order valence-corrected chi connectivity index (χ4v) is 3.75. The van der Waals surface area contributed by atoms with Gasteiger partial charge in [0, 0.05) is 0 Å². The highest BCUT2D eigenvalue weighted by Crippen LogP contribution is 2.23. The minimum atomic E-state index is -0.233. The molecule has 0 bridgehead atoms. The number of esters is 1. The van der Waals surface area contributed by atoms with E-state index in [1.165, 1.54) is 57.8 Å². The van der Waals surface area contributed by atoms with E-state index in [4.69, 9.17) is 9.47 Å². The topological polar surface area (TPSA) is 35.5 Å². The van der Waals surface area contributed by atoms with Crippen LogP contribution in [0.15, 0.2) is 48.5 Å². The molecule has 0 aliphatic rings. The summed E-state index contributed by atoms with van der Waals surface area (Å²) in [5.41, 5.74) is 2.81. The molecule has 2 aromatic rings. The number of rotatable bonds is 17. The van der Waals surface area contributed by atoms with Gasteiger partial charge in [0.1, 0.15) is 5.75 Å². The summed E-state index contributed by atoms with van der Waals surface area (Å²) in [4.78, 5) is 12.2. The number of benzene rings is 2. The molecule has 0 heterocycles. The lowest BCUT2D eigenvalue weighted by Crippen LogP contribution is -2.06. The minimum absolute atomic E-state index is 0.233. The number of hydrogen-bond acceptors (Lipinski definition) is 3. The highest BCUT2D eigenvalue weighted by Gasteiger charge is 2.07. The first-order valence-electron chi connectivity index (χ1n) is 12.7. The predicted molar refractivity (Wildman–Crippen MR) is 134 cm³/mol. The summed E-state index contributed by atoms with van der Waals surface area (Å²) in [6.07, 6.45) is 14.7. The fourth-order valence-electron chi connectivity index (χ4n) is 3.75. The lowest BCUT2D eigenvalue weighted by molar-refractivity contribution is 0.0497. The maximum absolute atomic E-state index is 12.2. The molecule has 0 radical (unpaired) electrons. The van der Waals surface area contributed by atoms with E-state index in [9.17, 15) is 4.79 Å². The van der Waals surface area contributed by atoms with Gasteiger partial charge in [0.05, 0.1) is 18.8 Å². The second-order valence-corrected chi connectivity index (χ2v) is 8.62. The molecule has 3 nitrogen and oxygen atoms in total. The van der Waals surface area contributed by atoms with Gasteiger partial charge < -0.3 is 9.47 Å². The Hall–Kier alpha value is -2.29. The van der Waals surface area contributed by atoms with Crippen molar-refractivity contribution in [1.29, 1.82) is 0 Å². The zero-order valence-corrected chi connectivity index (χ0v) is 20.2. The summed E-state index contributed by atoms with van der Waals surface area (Å²) in [7, 11) is 0. The van der Waals surface area contributed by atoms with E-state index in [0.717, 1.165) is 42.7 Å². The number of unbranched alkanes of at least 4 members (excludes halogenated alkanes) is 10. The zero-order chi connectivity index (χ0) is 22.9. The fraction of sp³-hybridized carbons (Fsp3) is 0.552. The SMILES string of the molecule is CCCCCCCCOC(=O)c1ccc(-c2ccc(OCCCCCCCC)cc2)cc1. The van der Waals surface area contributed by atoms with Crippen LogP contribution < -0.4 is 4.74 Å². The van der Waals surface area contributed by atoms with Gasteiger partial charge in [-0.15, -0.1) is 0 Å². The molecule has 0 fully saturated rings. The van der Waals surface area contributed by atoms with Gasteiger partial charge in [-0.3, -0.25) is 0 Å². The average molecular weight is 439 g/mol. The van der Waals surface area contributed by atoms with Crippen molar-refractivity contribution >= 4 is 5.97 Å². The van der Waals surface area contributed by atoms with E-state index >= 15 is 0 Å². The second-order valence-electron chi connectivity index (χ2n) is 8.62. The Bertz CT molecular complexity index is 734. The molecule has 0 aliphatic heterocycles. The molecular weight excluding hydrogens is 396 g/mol. The maximum atomic E-state index is 12.2. The molecule has 32 heavy (non-hydrogen) atoms. The van der Waals surface area contributed by atoms with Gasteiger partial charge in [-0.2, -0.15) is 0 Å². The normalized spacial score (nSPS) is 10.8. The van der Waals surface area contributed by atoms with Crippen molar-refractivity contribution in [2.24, 2.45) is 0 Å². The van der Waals surface area contributed by atoms with Crippen LogP contribution in [0.25, 0.3) is 11.1 Å². The summed E-state index contributed by atoms with van der Waals surface area (Å²) in [5.74, 6) is 0.681. The van der Waals surface area contributed by atoms with Gasteiger partial charge in [0.2, 0.25) is 0 Å². The van der Waals surface area contributed by atoms with E-state index < -0.39 is 0 Å². The first-order chi connectivity index (χ1) is 15.7. The minimum Gasteiger partial charge on any atom is -0.494 e. The number of hydrogen-bond donors (Lipinski definition) is 0. The van der Waals surface area contributed by atoms with Crippen molar-refractivity contribution in [3.05, 3.63) is 54.1 Å². The van der Waals surface area contributed by atoms with Crippen molar-refractivity contribution in [2.45, 2.75) is 90.9 Å². The smallest absolute Gasteiger partial charge is 0.338 e. The lowest BCUT2D eigenvalue weighted by Gasteiger charge is -2.08. The van der Waals surface area contributed by atoms with Crippen LogP contribution in [0.5, 0.6) is 5.75 Å². The van der Waals surface area contributed by atoms with Crippen LogP contribution in [0, 0.1) is 0 Å². The van der Waals surface area contributed by atoms with Crippen LogP contribution in [0.3, 0.4) is 0 Å². The Kier molecular flexibility index (Phi) is 13.3. The van der Waals surface area contributed by atoms with Crippen LogP contribution >= 0.6 is 0 Å². The molecule has 0 aromatic heterocycles. The van der Waals surface area contributed by atoms with Gasteiger partial charge in [-0.1, -0.05) is 102 Å². The van der Waals surface area contributed by atoms with E-state index in [0.29, 0.717) is 12.2 Å². The van der Waals surface area contributed by atoms with Crippen molar-refractivity contribution in [3.63, 3.8) is 0 Å². The van der Waals surface area contributed by atoms with Crippen molar-refractivity contribution in [3.8, 4) is 16.9 Å². The van der Waals surface area contributed by atoms with Gasteiger partial charge in [0.25, 0.3) is 0 Å². The van der Waals surface area contributed by atoms with E-state index in [1.807, 2.05) is 36.4 Å². The summed E-state index contributed by atoms with van der Waals surface area (Å²) >= 11 is 0. The van der Waals surface area contributed by atoms with Crippen LogP contribution in [0.1, 0.15) is 101 Å². The zero-order valence-electron chi connectivity index (χ0n) is 20.2. The van der Waals surface area contributed by atoms with Crippen molar-refractivity contribution < 1.29 is 14.3 Å². The molecule has 0 amide bonds. The first-order valence-corrected chi connectivity index (χ1v) is 12.7. The first kappa shape index (κ1) is 26.0. The quantitative estimate of drug-likeness (QED) is 0.183. The Morgan fingerprint density at radius 1 is 0.594 bits per heavy atom. The summed E-state index contributed by atoms with van der Waals surface area (Å²) < 4.78 is 11.3. The predicted octanol–water partition coefficient (Wildman–Crippen LogP) is 8.61. The molecule has 0 unspecified atom stereocenters. The number of ether oxygens (including phenoxy) is 2. The third-order valence-electron chi connectivity index (χ3n) is 5.81. The molecule has 2 aromatic carbocycles. The van der Waals surface area contributed by atoms with Gasteiger partial charge >= 0.3 is 5.97 Å². The Morgan fingerprint density at radius 2 is 1.06 bits per heavy atom. The monoisotopic (exact) mass is 438 g/mol. The highest BCUT2D eigenvalue weighted by atomic mass is 16.5. The number of carbonyl (C=O) groups is 1. The highest BCUT2D eigenvalue weighted by molar-refractivity contribution is 5.90. The van der Waals surface area contributed by atoms with Crippen molar-refractivity contribution in [2.75, 3.05) is 13.2 Å². The van der Waals surface area contributed by atoms with E-state index in [1.54, 1.807) is 0 Å². The molecule has 0 aliphatic carbocycles. The average Bonchev–Trinajstić information content (AvgIpc) is 2.83. The standard InChI is InChI=1S/C29H42O3/c1-3-5-7-9-11-13-23-31-28-21-19-26(20-22-28)25-15-17-27(18-16-25)29(30)32-24-14-12-10-8-6-4-2/h15-22H,3-14,23-24H2,1-2H3. The molecule has 0 saturated heterocycles. The largest absolute Gasteiger partial charge is 0.494 e. The molecule has 0 spiro atoms. The van der Waals surface area contributed by atoms with Crippen LogP contribution in [0.2, 0.25) is 0 Å². The lowest BCUT2D eigenvalue weighted by atomic mass is 10.0. The molecule has 0 N–H and O–H groups in total. The third kappa shape index (κ3) is 10.3. The van der Waals surface area contributed by atoms with Crippen molar-refractivity contribution in [1.82, 2.24) is 0 Å². The molecule has 0 saturated carbocycles. The molecule has 2 rings (SSSR count). The van der Waals surface area contributed by atoms with Gasteiger partial charge in [-0.05, 0) is 48.2 Å². The van der Waals surface area contributed by atoms with Crippen LogP contribution in [-0.4, -0.2) is 19.2 Å². The molecule has 0 atom stereocenters. The number of carbonyl (C=O) groups excluding carboxylic acids is 1. The van der Waals surface area contributed by atoms with Crippen LogP contribution in [-0.2, 0) is 4.74 Å². The van der Waals surface area contributed by atoms with E-state index in [2.05, 4.69) is 26.0 Å². The maximum Gasteiger partial charge on any atom is 0.338 e. The Morgan fingerprint density at radius 3 is 1.62 bits per heavy atom. The van der Waals surface area contributed by atoms with Gasteiger partial charge in [0.15, 0.2) is 0 Å².